The molecule has 0 radical (unpaired) electrons. The summed E-state index contributed by atoms with van der Waals surface area (Å²) in [5.74, 6) is 0.920. The van der Waals surface area contributed by atoms with Crippen LogP contribution in [-0.4, -0.2) is 36.3 Å². The van der Waals surface area contributed by atoms with E-state index in [1.165, 1.54) is 17.7 Å². The molecular formula is C14H19N3OS. The summed E-state index contributed by atoms with van der Waals surface area (Å²) in [5, 5.41) is 0. The molecule has 0 saturated carbocycles. The Hall–Kier alpha value is -1.20. The molecule has 1 aliphatic carbocycles. The zero-order chi connectivity index (χ0) is 13.4. The van der Waals surface area contributed by atoms with E-state index in [4.69, 9.17) is 27.7 Å². The molecule has 19 heavy (non-hydrogen) atoms. The van der Waals surface area contributed by atoms with E-state index in [1.54, 1.807) is 0 Å². The normalized spacial score (nSPS) is 21.4. The van der Waals surface area contributed by atoms with Gasteiger partial charge in [-0.15, -0.1) is 0 Å². The Morgan fingerprint density at radius 2 is 2.37 bits per heavy atom. The van der Waals surface area contributed by atoms with Gasteiger partial charge in [0.05, 0.1) is 18.2 Å². The summed E-state index contributed by atoms with van der Waals surface area (Å²) in [6.45, 7) is 1.58. The number of fused-ring (bicyclic) bond motifs is 1. The minimum atomic E-state index is 0.375. The molecule has 1 fully saturated rings. The Morgan fingerprint density at radius 3 is 3.05 bits per heavy atom. The first-order valence-corrected chi connectivity index (χ1v) is 7.21. The third kappa shape index (κ3) is 2.32. The Morgan fingerprint density at radius 1 is 1.53 bits per heavy atom. The molecule has 1 unspecified atom stereocenters. The number of aryl methyl sites for hydroxylation is 2. The van der Waals surface area contributed by atoms with Gasteiger partial charge in [0.25, 0.3) is 0 Å². The van der Waals surface area contributed by atoms with Gasteiger partial charge >= 0.3 is 0 Å². The van der Waals surface area contributed by atoms with Gasteiger partial charge in [-0.25, -0.2) is 4.98 Å². The van der Waals surface area contributed by atoms with Crippen LogP contribution in [0.2, 0.25) is 0 Å². The van der Waals surface area contributed by atoms with Crippen molar-refractivity contribution in [2.75, 3.05) is 25.2 Å². The summed E-state index contributed by atoms with van der Waals surface area (Å²) in [6.07, 6.45) is 4.37. The second-order valence-corrected chi connectivity index (χ2v) is 5.75. The maximum atomic E-state index is 5.88. The Kier molecular flexibility index (Phi) is 3.41. The largest absolute Gasteiger partial charge is 0.389 e. The number of thiocarbonyl (C=S) groups is 1. The second-order valence-electron chi connectivity index (χ2n) is 5.31. The molecule has 1 aromatic heterocycles. The lowest BCUT2D eigenvalue weighted by atomic mass is 10.1. The van der Waals surface area contributed by atoms with Crippen LogP contribution in [0, 0.1) is 0 Å². The predicted molar refractivity (Wildman–Crippen MR) is 79.8 cm³/mol. The standard InChI is InChI=1S/C14H19N3OS/c1-17(10-5-6-18-8-10)14-11(13(15)19)7-9-3-2-4-12(9)16-14/h7,10H,2-6,8H2,1H3,(H2,15,19). The van der Waals surface area contributed by atoms with E-state index < -0.39 is 0 Å². The highest BCUT2D eigenvalue weighted by molar-refractivity contribution is 7.80. The molecule has 2 N–H and O–H groups in total. The molecule has 2 aliphatic rings. The van der Waals surface area contributed by atoms with Crippen LogP contribution in [0.5, 0.6) is 0 Å². The predicted octanol–water partition coefficient (Wildman–Crippen LogP) is 1.43. The highest BCUT2D eigenvalue weighted by Gasteiger charge is 2.26. The minimum absolute atomic E-state index is 0.375. The maximum absolute atomic E-state index is 5.88. The summed E-state index contributed by atoms with van der Waals surface area (Å²) in [4.78, 5) is 7.44. The molecule has 2 heterocycles. The van der Waals surface area contributed by atoms with E-state index in [1.807, 2.05) is 0 Å². The van der Waals surface area contributed by atoms with E-state index in [2.05, 4.69) is 18.0 Å². The molecule has 0 spiro atoms. The lowest BCUT2D eigenvalue weighted by Crippen LogP contribution is -2.34. The molecule has 0 bridgehead atoms. The number of hydrogen-bond donors (Lipinski definition) is 1. The zero-order valence-electron chi connectivity index (χ0n) is 11.2. The van der Waals surface area contributed by atoms with Crippen LogP contribution in [0.15, 0.2) is 6.07 Å². The van der Waals surface area contributed by atoms with E-state index >= 15 is 0 Å². The van der Waals surface area contributed by atoms with Gasteiger partial charge in [0.1, 0.15) is 10.8 Å². The molecule has 3 rings (SSSR count). The van der Waals surface area contributed by atoms with Crippen molar-refractivity contribution in [3.8, 4) is 0 Å². The smallest absolute Gasteiger partial charge is 0.139 e. The molecule has 1 aromatic rings. The van der Waals surface area contributed by atoms with Gasteiger partial charge in [0.2, 0.25) is 0 Å². The van der Waals surface area contributed by atoms with Crippen molar-refractivity contribution in [2.45, 2.75) is 31.7 Å². The van der Waals surface area contributed by atoms with Crippen molar-refractivity contribution in [1.82, 2.24) is 4.98 Å². The number of rotatable bonds is 3. The average molecular weight is 277 g/mol. The van der Waals surface area contributed by atoms with Crippen LogP contribution in [0.1, 0.15) is 29.7 Å². The minimum Gasteiger partial charge on any atom is -0.389 e. The number of aromatic nitrogens is 1. The summed E-state index contributed by atoms with van der Waals surface area (Å²) >= 11 is 5.19. The quantitative estimate of drug-likeness (QED) is 0.847. The molecule has 5 heteroatoms. The topological polar surface area (TPSA) is 51.4 Å². The number of nitrogens with two attached hydrogens (primary N) is 1. The van der Waals surface area contributed by atoms with Crippen molar-refractivity contribution in [1.29, 1.82) is 0 Å². The first-order chi connectivity index (χ1) is 9.16. The maximum Gasteiger partial charge on any atom is 0.139 e. The SMILES string of the molecule is CN(c1nc2c(cc1C(N)=S)CCC2)C1CCOC1. The lowest BCUT2D eigenvalue weighted by molar-refractivity contribution is 0.193. The Bertz CT molecular complexity index is 512. The molecular weight excluding hydrogens is 258 g/mol. The van der Waals surface area contributed by atoms with Crippen LogP contribution < -0.4 is 10.6 Å². The van der Waals surface area contributed by atoms with Crippen LogP contribution >= 0.6 is 12.2 Å². The number of hydrogen-bond acceptors (Lipinski definition) is 4. The molecule has 102 valence electrons. The van der Waals surface area contributed by atoms with Crippen molar-refractivity contribution >= 4 is 23.0 Å². The molecule has 4 nitrogen and oxygen atoms in total. The Balaban J connectivity index is 2.00. The van der Waals surface area contributed by atoms with Gasteiger partial charge in [0, 0.05) is 19.3 Å². The van der Waals surface area contributed by atoms with Gasteiger partial charge < -0.3 is 15.4 Å². The molecule has 1 aliphatic heterocycles. The van der Waals surface area contributed by atoms with E-state index in [0.29, 0.717) is 11.0 Å². The Labute approximate surface area is 118 Å². The van der Waals surface area contributed by atoms with Crippen molar-refractivity contribution < 1.29 is 4.74 Å². The number of nitrogens with zero attached hydrogens (tertiary/aromatic N) is 2. The van der Waals surface area contributed by atoms with E-state index in [9.17, 15) is 0 Å². The summed E-state index contributed by atoms with van der Waals surface area (Å²) in [6, 6.07) is 2.51. The molecule has 0 aromatic carbocycles. The first-order valence-electron chi connectivity index (χ1n) is 6.80. The monoisotopic (exact) mass is 277 g/mol. The first kappa shape index (κ1) is 12.8. The fourth-order valence-corrected chi connectivity index (χ4v) is 3.06. The van der Waals surface area contributed by atoms with E-state index in [-0.39, 0.29) is 0 Å². The van der Waals surface area contributed by atoms with Gasteiger partial charge in [0.15, 0.2) is 0 Å². The summed E-state index contributed by atoms with van der Waals surface area (Å²) in [7, 11) is 2.06. The number of anilines is 1. The lowest BCUT2D eigenvalue weighted by Gasteiger charge is -2.27. The second kappa shape index (κ2) is 5.06. The highest BCUT2D eigenvalue weighted by atomic mass is 32.1. The third-order valence-electron chi connectivity index (χ3n) is 4.08. The molecule has 1 atom stereocenters. The fraction of sp³-hybridized carbons (Fsp3) is 0.571. The number of ether oxygens (including phenoxy) is 1. The van der Waals surface area contributed by atoms with Crippen LogP contribution in [0.25, 0.3) is 0 Å². The van der Waals surface area contributed by atoms with E-state index in [0.717, 1.165) is 43.9 Å². The van der Waals surface area contributed by atoms with Gasteiger partial charge in [-0.05, 0) is 37.3 Å². The average Bonchev–Trinajstić information content (AvgIpc) is 3.06. The van der Waals surface area contributed by atoms with Crippen molar-refractivity contribution in [3.63, 3.8) is 0 Å². The van der Waals surface area contributed by atoms with Crippen LogP contribution in [-0.2, 0) is 17.6 Å². The zero-order valence-corrected chi connectivity index (χ0v) is 12.0. The number of likely N-dealkylation sites (N-methyl/N-ethyl adjacent to an activating group) is 1. The fourth-order valence-electron chi connectivity index (χ4n) is 2.91. The van der Waals surface area contributed by atoms with Gasteiger partial charge in [-0.3, -0.25) is 0 Å². The highest BCUT2D eigenvalue weighted by Crippen LogP contribution is 2.29. The third-order valence-corrected chi connectivity index (χ3v) is 4.30. The summed E-state index contributed by atoms with van der Waals surface area (Å²) < 4.78 is 5.46. The number of pyridine rings is 1. The molecule has 1 saturated heterocycles. The van der Waals surface area contributed by atoms with Gasteiger partial charge in [-0.2, -0.15) is 0 Å². The van der Waals surface area contributed by atoms with Crippen molar-refractivity contribution in [3.05, 3.63) is 22.9 Å². The molecule has 0 amide bonds. The van der Waals surface area contributed by atoms with Crippen LogP contribution in [0.4, 0.5) is 5.82 Å². The van der Waals surface area contributed by atoms with Crippen LogP contribution in [0.3, 0.4) is 0 Å². The van der Waals surface area contributed by atoms with Crippen molar-refractivity contribution in [2.24, 2.45) is 5.73 Å². The van der Waals surface area contributed by atoms with Gasteiger partial charge in [-0.1, -0.05) is 12.2 Å². The summed E-state index contributed by atoms with van der Waals surface area (Å²) in [5.41, 5.74) is 9.30.